The first-order valence-corrected chi connectivity index (χ1v) is 7.51. The van der Waals surface area contributed by atoms with Crippen molar-refractivity contribution in [1.82, 2.24) is 5.32 Å². The van der Waals surface area contributed by atoms with Gasteiger partial charge in [-0.05, 0) is 47.0 Å². The summed E-state index contributed by atoms with van der Waals surface area (Å²) in [5, 5.41) is 3.40. The number of rotatable bonds is 7. The zero-order chi connectivity index (χ0) is 15.0. The number of amides is 1. The Morgan fingerprint density at radius 1 is 1.30 bits per heavy atom. The minimum absolute atomic E-state index is 0.129. The van der Waals surface area contributed by atoms with Gasteiger partial charge in [0, 0.05) is 23.0 Å². The van der Waals surface area contributed by atoms with Crippen LogP contribution in [-0.4, -0.2) is 25.5 Å². The lowest BCUT2D eigenvalue weighted by atomic mass is 10.2. The van der Waals surface area contributed by atoms with Gasteiger partial charge in [0.25, 0.3) is 5.91 Å². The van der Waals surface area contributed by atoms with Gasteiger partial charge in [0.05, 0.1) is 12.1 Å². The first-order chi connectivity index (χ1) is 9.54. The second kappa shape index (κ2) is 8.97. The fourth-order valence-electron chi connectivity index (χ4n) is 1.61. The van der Waals surface area contributed by atoms with Gasteiger partial charge in [0.2, 0.25) is 0 Å². The van der Waals surface area contributed by atoms with Crippen LogP contribution < -0.4 is 5.32 Å². The van der Waals surface area contributed by atoms with Gasteiger partial charge in [-0.25, -0.2) is 0 Å². The summed E-state index contributed by atoms with van der Waals surface area (Å²) >= 11 is 9.15. The predicted molar refractivity (Wildman–Crippen MR) is 82.0 cm³/mol. The Morgan fingerprint density at radius 2 is 2.05 bits per heavy atom. The predicted octanol–water partition coefficient (Wildman–Crippen LogP) is 3.57. The molecule has 1 amide bonds. The molecule has 6 heteroatoms. The highest BCUT2D eigenvalue weighted by atomic mass is 79.9. The number of halogens is 2. The molecule has 110 valence electrons. The van der Waals surface area contributed by atoms with Crippen molar-refractivity contribution in [2.45, 2.75) is 25.7 Å². The quantitative estimate of drug-likeness (QED) is 0.596. The van der Waals surface area contributed by atoms with E-state index in [4.69, 9.17) is 11.6 Å². The third-order valence-corrected chi connectivity index (χ3v) is 3.97. The molecule has 0 aliphatic carbocycles. The maximum Gasteiger partial charge on any atom is 0.305 e. The number of nitrogens with one attached hydrogen (secondary N) is 1. The molecule has 1 N–H and O–H groups in total. The number of esters is 1. The molecule has 0 saturated heterocycles. The molecular formula is C14H17BrClNO3. The molecule has 0 saturated carbocycles. The van der Waals surface area contributed by atoms with Crippen molar-refractivity contribution in [3.63, 3.8) is 0 Å². The van der Waals surface area contributed by atoms with Crippen LogP contribution in [0.3, 0.4) is 0 Å². The molecule has 0 fully saturated rings. The van der Waals surface area contributed by atoms with Crippen molar-refractivity contribution in [3.8, 4) is 0 Å². The number of methoxy groups -OCH3 is 1. The molecule has 1 aromatic rings. The minimum atomic E-state index is -0.194. The first kappa shape index (κ1) is 17.0. The molecule has 0 atom stereocenters. The highest BCUT2D eigenvalue weighted by Crippen LogP contribution is 2.23. The Hall–Kier alpha value is -1.07. The van der Waals surface area contributed by atoms with Crippen LogP contribution in [0.1, 0.15) is 36.0 Å². The number of ether oxygens (including phenoxy) is 1. The number of carbonyl (C=O) groups excluding carboxylic acids is 2. The fraction of sp³-hybridized carbons (Fsp3) is 0.429. The number of carbonyl (C=O) groups is 2. The summed E-state index contributed by atoms with van der Waals surface area (Å²) in [7, 11) is 1.38. The Balaban J connectivity index is 2.23. The smallest absolute Gasteiger partial charge is 0.305 e. The van der Waals surface area contributed by atoms with E-state index in [2.05, 4.69) is 26.0 Å². The lowest BCUT2D eigenvalue weighted by molar-refractivity contribution is -0.140. The van der Waals surface area contributed by atoms with Crippen LogP contribution in [0.2, 0.25) is 5.02 Å². The summed E-state index contributed by atoms with van der Waals surface area (Å²) in [4.78, 5) is 22.7. The Bertz CT molecular complexity index is 479. The van der Waals surface area contributed by atoms with E-state index < -0.39 is 0 Å². The molecule has 20 heavy (non-hydrogen) atoms. The van der Waals surface area contributed by atoms with Crippen LogP contribution in [0.4, 0.5) is 0 Å². The van der Waals surface area contributed by atoms with Crippen molar-refractivity contribution in [3.05, 3.63) is 33.3 Å². The highest BCUT2D eigenvalue weighted by molar-refractivity contribution is 9.10. The van der Waals surface area contributed by atoms with Crippen LogP contribution in [0, 0.1) is 0 Å². The lowest BCUT2D eigenvalue weighted by Crippen LogP contribution is -2.24. The van der Waals surface area contributed by atoms with E-state index in [1.165, 1.54) is 7.11 Å². The zero-order valence-corrected chi connectivity index (χ0v) is 13.6. The third-order valence-electron chi connectivity index (χ3n) is 2.75. The van der Waals surface area contributed by atoms with Gasteiger partial charge < -0.3 is 10.1 Å². The molecule has 4 nitrogen and oxygen atoms in total. The van der Waals surface area contributed by atoms with Gasteiger partial charge in [0.15, 0.2) is 0 Å². The van der Waals surface area contributed by atoms with E-state index in [0.29, 0.717) is 28.0 Å². The molecule has 1 rings (SSSR count). The van der Waals surface area contributed by atoms with E-state index in [0.717, 1.165) is 19.3 Å². The van der Waals surface area contributed by atoms with E-state index >= 15 is 0 Å². The van der Waals surface area contributed by atoms with E-state index in [1.54, 1.807) is 18.2 Å². The molecular weight excluding hydrogens is 346 g/mol. The molecule has 0 bridgehead atoms. The van der Waals surface area contributed by atoms with Crippen molar-refractivity contribution >= 4 is 39.4 Å². The SMILES string of the molecule is COC(=O)CCCCCNC(=O)c1ccc(Cl)c(Br)c1. The summed E-state index contributed by atoms with van der Waals surface area (Å²) in [5.41, 5.74) is 0.566. The molecule has 0 aliphatic heterocycles. The van der Waals surface area contributed by atoms with Crippen molar-refractivity contribution in [1.29, 1.82) is 0 Å². The molecule has 0 radical (unpaired) electrons. The second-order valence-corrected chi connectivity index (χ2v) is 5.53. The largest absolute Gasteiger partial charge is 0.469 e. The van der Waals surface area contributed by atoms with E-state index in [1.807, 2.05) is 0 Å². The Kier molecular flexibility index (Phi) is 7.62. The van der Waals surface area contributed by atoms with Gasteiger partial charge >= 0.3 is 5.97 Å². The molecule has 1 aromatic carbocycles. The summed E-state index contributed by atoms with van der Waals surface area (Å²) < 4.78 is 5.25. The summed E-state index contributed by atoms with van der Waals surface area (Å²) in [6, 6.07) is 5.05. The molecule has 0 unspecified atom stereocenters. The maximum absolute atomic E-state index is 11.8. The highest BCUT2D eigenvalue weighted by Gasteiger charge is 2.07. The summed E-state index contributed by atoms with van der Waals surface area (Å²) in [5.74, 6) is -0.324. The number of hydrogen-bond acceptors (Lipinski definition) is 3. The fourth-order valence-corrected chi connectivity index (χ4v) is 2.11. The van der Waals surface area contributed by atoms with Gasteiger partial charge in [0.1, 0.15) is 0 Å². The summed E-state index contributed by atoms with van der Waals surface area (Å²) in [6.07, 6.45) is 2.90. The average Bonchev–Trinajstić information content (AvgIpc) is 2.44. The number of unbranched alkanes of at least 4 members (excludes halogenated alkanes) is 2. The Labute approximate surface area is 132 Å². The standard InChI is InChI=1S/C14H17BrClNO3/c1-20-13(18)5-3-2-4-8-17-14(19)10-6-7-12(16)11(15)9-10/h6-7,9H,2-5,8H2,1H3,(H,17,19). The lowest BCUT2D eigenvalue weighted by Gasteiger charge is -2.06. The van der Waals surface area contributed by atoms with E-state index in [-0.39, 0.29) is 11.9 Å². The van der Waals surface area contributed by atoms with E-state index in [9.17, 15) is 9.59 Å². The second-order valence-electron chi connectivity index (χ2n) is 4.27. The zero-order valence-electron chi connectivity index (χ0n) is 11.2. The summed E-state index contributed by atoms with van der Waals surface area (Å²) in [6.45, 7) is 0.584. The topological polar surface area (TPSA) is 55.4 Å². The van der Waals surface area contributed by atoms with Gasteiger partial charge in [-0.3, -0.25) is 9.59 Å². The molecule has 0 heterocycles. The number of benzene rings is 1. The van der Waals surface area contributed by atoms with Crippen LogP contribution >= 0.6 is 27.5 Å². The molecule has 0 aliphatic rings. The van der Waals surface area contributed by atoms with Gasteiger partial charge in [-0.2, -0.15) is 0 Å². The van der Waals surface area contributed by atoms with Gasteiger partial charge in [-0.1, -0.05) is 18.0 Å². The van der Waals surface area contributed by atoms with Crippen LogP contribution in [-0.2, 0) is 9.53 Å². The maximum atomic E-state index is 11.8. The van der Waals surface area contributed by atoms with Crippen molar-refractivity contribution in [2.75, 3.05) is 13.7 Å². The minimum Gasteiger partial charge on any atom is -0.469 e. The van der Waals surface area contributed by atoms with Crippen molar-refractivity contribution < 1.29 is 14.3 Å². The Morgan fingerprint density at radius 3 is 2.70 bits per heavy atom. The van der Waals surface area contributed by atoms with Crippen LogP contribution in [0.5, 0.6) is 0 Å². The number of hydrogen-bond donors (Lipinski definition) is 1. The average molecular weight is 363 g/mol. The molecule has 0 spiro atoms. The van der Waals surface area contributed by atoms with Crippen LogP contribution in [0.15, 0.2) is 22.7 Å². The monoisotopic (exact) mass is 361 g/mol. The molecule has 0 aromatic heterocycles. The first-order valence-electron chi connectivity index (χ1n) is 6.34. The van der Waals surface area contributed by atoms with Crippen LogP contribution in [0.25, 0.3) is 0 Å². The third kappa shape index (κ3) is 5.92. The normalized spacial score (nSPS) is 10.2. The van der Waals surface area contributed by atoms with Crippen molar-refractivity contribution in [2.24, 2.45) is 0 Å². The van der Waals surface area contributed by atoms with Gasteiger partial charge in [-0.15, -0.1) is 0 Å².